The monoisotopic (exact) mass is 449 g/mol. The van der Waals surface area contributed by atoms with Crippen molar-refractivity contribution in [3.8, 4) is 0 Å². The van der Waals surface area contributed by atoms with Crippen LogP contribution in [0.25, 0.3) is 17.2 Å². The van der Waals surface area contributed by atoms with E-state index in [1.165, 1.54) is 74.9 Å². The molecule has 0 aromatic heterocycles. The van der Waals surface area contributed by atoms with Gasteiger partial charge in [-0.05, 0) is 94.2 Å². The Morgan fingerprint density at radius 2 is 1.56 bits per heavy atom. The second-order valence-corrected chi connectivity index (χ2v) is 10.0. The van der Waals surface area contributed by atoms with Crippen molar-refractivity contribution in [1.29, 1.82) is 0 Å². The average Bonchev–Trinajstić information content (AvgIpc) is 3.01. The number of rotatable bonds is 6. The molecular formula is C32H32FN. The van der Waals surface area contributed by atoms with E-state index in [1.54, 1.807) is 0 Å². The molecule has 1 aliphatic heterocycles. The summed E-state index contributed by atoms with van der Waals surface area (Å²) in [7, 11) is 0. The summed E-state index contributed by atoms with van der Waals surface area (Å²) in [6, 6.07) is 25.3. The second-order valence-electron chi connectivity index (χ2n) is 10.0. The van der Waals surface area contributed by atoms with Crippen molar-refractivity contribution in [3.63, 3.8) is 0 Å². The Bertz CT molecular complexity index is 1260. The Kier molecular flexibility index (Phi) is 5.93. The summed E-state index contributed by atoms with van der Waals surface area (Å²) >= 11 is 0. The van der Waals surface area contributed by atoms with Crippen LogP contribution < -0.4 is 0 Å². The van der Waals surface area contributed by atoms with Crippen LogP contribution in [-0.4, -0.2) is 31.2 Å². The van der Waals surface area contributed by atoms with Crippen LogP contribution in [0.4, 0.5) is 4.39 Å². The maximum absolute atomic E-state index is 12.4. The van der Waals surface area contributed by atoms with Crippen LogP contribution in [0.15, 0.2) is 72.3 Å². The smallest absolute Gasteiger partial charge is 0.0906 e. The van der Waals surface area contributed by atoms with E-state index in [2.05, 4.69) is 77.7 Å². The minimum absolute atomic E-state index is 0.219. The molecule has 34 heavy (non-hydrogen) atoms. The highest BCUT2D eigenvalue weighted by Crippen LogP contribution is 2.41. The molecule has 0 atom stereocenters. The predicted octanol–water partition coefficient (Wildman–Crippen LogP) is 7.14. The number of allylic oxidation sites excluding steroid dienone is 1. The van der Waals surface area contributed by atoms with Crippen LogP contribution in [0.3, 0.4) is 0 Å². The van der Waals surface area contributed by atoms with Crippen molar-refractivity contribution in [2.45, 2.75) is 38.5 Å². The molecule has 1 saturated heterocycles. The fraction of sp³-hybridized carbons (Fsp3) is 0.312. The molecule has 2 aliphatic carbocycles. The van der Waals surface area contributed by atoms with Gasteiger partial charge in [0.25, 0.3) is 0 Å². The Morgan fingerprint density at radius 1 is 0.765 bits per heavy atom. The summed E-state index contributed by atoms with van der Waals surface area (Å²) < 4.78 is 12.4. The highest BCUT2D eigenvalue weighted by atomic mass is 19.1. The maximum Gasteiger partial charge on any atom is 0.0906 e. The van der Waals surface area contributed by atoms with Gasteiger partial charge in [-0.25, -0.2) is 0 Å². The van der Waals surface area contributed by atoms with Gasteiger partial charge in [-0.3, -0.25) is 9.29 Å². The van der Waals surface area contributed by atoms with Crippen molar-refractivity contribution >= 4 is 17.2 Å². The van der Waals surface area contributed by atoms with Crippen LogP contribution in [0.2, 0.25) is 0 Å². The second kappa shape index (κ2) is 9.35. The van der Waals surface area contributed by atoms with E-state index in [9.17, 15) is 4.39 Å². The Labute approximate surface area is 202 Å². The summed E-state index contributed by atoms with van der Waals surface area (Å²) in [6.07, 6.45) is 8.84. The molecule has 1 fully saturated rings. The fourth-order valence-corrected chi connectivity index (χ4v) is 5.77. The molecule has 0 amide bonds. The van der Waals surface area contributed by atoms with Gasteiger partial charge < -0.3 is 0 Å². The van der Waals surface area contributed by atoms with E-state index < -0.39 is 0 Å². The third kappa shape index (κ3) is 4.16. The van der Waals surface area contributed by atoms with Crippen LogP contribution in [0.5, 0.6) is 0 Å². The SMILES string of the molecule is FCCCN1CC(=Cc2ccc(C3=C(c4ccc5c(c4)CC5)CCCc4ccccc43)cc2)C1. The third-order valence-corrected chi connectivity index (χ3v) is 7.71. The first-order valence-electron chi connectivity index (χ1n) is 12.8. The van der Waals surface area contributed by atoms with Gasteiger partial charge in [0.05, 0.1) is 6.67 Å². The predicted molar refractivity (Wildman–Crippen MR) is 141 cm³/mol. The van der Waals surface area contributed by atoms with Crippen molar-refractivity contribution in [1.82, 2.24) is 4.90 Å². The fourth-order valence-electron chi connectivity index (χ4n) is 5.77. The molecule has 0 unspecified atom stereocenters. The van der Waals surface area contributed by atoms with Crippen LogP contribution in [0.1, 0.15) is 58.2 Å². The van der Waals surface area contributed by atoms with Gasteiger partial charge >= 0.3 is 0 Å². The zero-order chi connectivity index (χ0) is 22.9. The Balaban J connectivity index is 1.35. The third-order valence-electron chi connectivity index (χ3n) is 7.71. The summed E-state index contributed by atoms with van der Waals surface area (Å²) in [5, 5.41) is 0. The largest absolute Gasteiger partial charge is 0.295 e. The number of fused-ring (bicyclic) bond motifs is 2. The molecule has 1 nitrogen and oxygen atoms in total. The van der Waals surface area contributed by atoms with Gasteiger partial charge in [-0.15, -0.1) is 0 Å². The lowest BCUT2D eigenvalue weighted by Gasteiger charge is -2.33. The number of nitrogens with zero attached hydrogens (tertiary/aromatic N) is 1. The molecule has 6 rings (SSSR count). The molecule has 0 radical (unpaired) electrons. The lowest BCUT2D eigenvalue weighted by Crippen LogP contribution is -2.40. The van der Waals surface area contributed by atoms with E-state index in [0.717, 1.165) is 32.5 Å². The van der Waals surface area contributed by atoms with E-state index in [1.807, 2.05) is 0 Å². The zero-order valence-corrected chi connectivity index (χ0v) is 19.8. The Morgan fingerprint density at radius 3 is 2.32 bits per heavy atom. The minimum atomic E-state index is -0.219. The highest BCUT2D eigenvalue weighted by molar-refractivity contribution is 6.00. The quantitative estimate of drug-likeness (QED) is 0.387. The first kappa shape index (κ1) is 21.6. The van der Waals surface area contributed by atoms with E-state index >= 15 is 0 Å². The first-order chi connectivity index (χ1) is 16.8. The van der Waals surface area contributed by atoms with Gasteiger partial charge in [0.2, 0.25) is 0 Å². The maximum atomic E-state index is 12.4. The number of hydrogen-bond acceptors (Lipinski definition) is 1. The summed E-state index contributed by atoms with van der Waals surface area (Å²) in [6.45, 7) is 2.60. The van der Waals surface area contributed by atoms with Gasteiger partial charge in [-0.2, -0.15) is 0 Å². The summed E-state index contributed by atoms with van der Waals surface area (Å²) in [5.41, 5.74) is 14.2. The standard InChI is InChI=1S/C32H32FN/c33-17-4-18-34-21-24(22-34)19-23-9-11-27(12-10-23)32-30-7-2-1-5-26(30)6-3-8-31(32)29-16-14-25-13-15-28(25)20-29/h1-2,5,7,9-12,14,16,19-20H,3-4,6,8,13,15,17-18,21-22H2. The number of aryl methyl sites for hydroxylation is 3. The first-order valence-corrected chi connectivity index (χ1v) is 12.8. The number of alkyl halides is 1. The topological polar surface area (TPSA) is 3.24 Å². The molecule has 3 aliphatic rings. The molecule has 0 spiro atoms. The lowest BCUT2D eigenvalue weighted by atomic mass is 9.83. The minimum Gasteiger partial charge on any atom is -0.295 e. The van der Waals surface area contributed by atoms with Crippen LogP contribution in [0, 0.1) is 0 Å². The highest BCUT2D eigenvalue weighted by Gasteiger charge is 2.22. The summed E-state index contributed by atoms with van der Waals surface area (Å²) in [4.78, 5) is 2.31. The molecule has 1 heterocycles. The number of halogens is 1. The molecule has 3 aromatic carbocycles. The van der Waals surface area contributed by atoms with Gasteiger partial charge in [0, 0.05) is 19.6 Å². The Hall–Kier alpha value is -2.97. The van der Waals surface area contributed by atoms with E-state index in [4.69, 9.17) is 0 Å². The molecule has 0 saturated carbocycles. The van der Waals surface area contributed by atoms with E-state index in [-0.39, 0.29) is 6.67 Å². The van der Waals surface area contributed by atoms with Crippen molar-refractivity contribution < 1.29 is 4.39 Å². The van der Waals surface area contributed by atoms with Crippen LogP contribution in [-0.2, 0) is 19.3 Å². The molecule has 172 valence electrons. The molecule has 0 N–H and O–H groups in total. The molecule has 3 aromatic rings. The van der Waals surface area contributed by atoms with Crippen molar-refractivity contribution in [2.24, 2.45) is 0 Å². The van der Waals surface area contributed by atoms with Gasteiger partial charge in [0.1, 0.15) is 0 Å². The van der Waals surface area contributed by atoms with Gasteiger partial charge in [-0.1, -0.05) is 72.8 Å². The normalized spacial score (nSPS) is 17.4. The lowest BCUT2D eigenvalue weighted by molar-refractivity contribution is 0.239. The number of benzene rings is 3. The van der Waals surface area contributed by atoms with E-state index in [0.29, 0.717) is 6.42 Å². The van der Waals surface area contributed by atoms with Gasteiger partial charge in [0.15, 0.2) is 0 Å². The van der Waals surface area contributed by atoms with Crippen LogP contribution >= 0.6 is 0 Å². The number of likely N-dealkylation sites (tertiary alicyclic amines) is 1. The molecule has 2 heteroatoms. The number of hydrogen-bond donors (Lipinski definition) is 0. The van der Waals surface area contributed by atoms with Crippen molar-refractivity contribution in [2.75, 3.05) is 26.3 Å². The molecule has 0 bridgehead atoms. The average molecular weight is 450 g/mol. The molecular weight excluding hydrogens is 417 g/mol. The summed E-state index contributed by atoms with van der Waals surface area (Å²) in [5.74, 6) is 0. The zero-order valence-electron chi connectivity index (χ0n) is 19.8. The van der Waals surface area contributed by atoms with Crippen molar-refractivity contribution in [3.05, 3.63) is 111 Å².